The van der Waals surface area contributed by atoms with Crippen molar-refractivity contribution < 1.29 is 23.1 Å². The van der Waals surface area contributed by atoms with Crippen LogP contribution in [0.4, 0.5) is 14.9 Å². The molecule has 0 aliphatic carbocycles. The van der Waals surface area contributed by atoms with Gasteiger partial charge in [-0.2, -0.15) is 0 Å². The summed E-state index contributed by atoms with van der Waals surface area (Å²) in [5, 5.41) is 2.70. The smallest absolute Gasteiger partial charge is 0.321 e. The minimum Gasteiger partial charge on any atom is -0.494 e. The molecule has 0 atom stereocenters. The molecule has 1 fully saturated rings. The molecule has 29 heavy (non-hydrogen) atoms. The number of aromatic nitrogens is 1. The second-order valence-electron chi connectivity index (χ2n) is 7.20. The molecule has 1 saturated heterocycles. The first-order chi connectivity index (χ1) is 13.8. The zero-order valence-electron chi connectivity index (χ0n) is 17.0. The highest BCUT2D eigenvalue weighted by Gasteiger charge is 2.29. The highest BCUT2D eigenvalue weighted by Crippen LogP contribution is 2.29. The zero-order chi connectivity index (χ0) is 21.1. The number of benzene rings is 1. The fraction of sp³-hybridized carbons (Fsp3) is 0.450. The average molecular weight is 404 g/mol. The topological polar surface area (TPSA) is 87.9 Å². The van der Waals surface area contributed by atoms with Crippen molar-refractivity contribution in [1.29, 1.82) is 0 Å². The van der Waals surface area contributed by atoms with E-state index in [-0.39, 0.29) is 23.6 Å². The quantitative estimate of drug-likeness (QED) is 0.845. The van der Waals surface area contributed by atoms with Crippen LogP contribution in [0, 0.1) is 12.7 Å². The first kappa shape index (κ1) is 20.6. The highest BCUT2D eigenvalue weighted by molar-refractivity contribution is 5.92. The number of urea groups is 1. The van der Waals surface area contributed by atoms with E-state index in [4.69, 9.17) is 9.15 Å². The molecule has 1 aliphatic rings. The molecule has 0 unspecified atom stereocenters. The summed E-state index contributed by atoms with van der Waals surface area (Å²) in [5.74, 6) is 0.467. The molecule has 0 saturated carbocycles. The minimum absolute atomic E-state index is 0.0416. The second kappa shape index (κ2) is 8.50. The van der Waals surface area contributed by atoms with E-state index in [1.165, 1.54) is 24.1 Å². The third-order valence-electron chi connectivity index (χ3n) is 4.96. The number of halogens is 1. The van der Waals surface area contributed by atoms with Gasteiger partial charge in [-0.15, -0.1) is 0 Å². The monoisotopic (exact) mass is 404 g/mol. The number of likely N-dealkylation sites (tertiary alicyclic amines) is 1. The molecule has 9 heteroatoms. The lowest BCUT2D eigenvalue weighted by molar-refractivity contribution is 0.0821. The number of piperidine rings is 1. The van der Waals surface area contributed by atoms with Crippen molar-refractivity contribution in [2.75, 3.05) is 39.6 Å². The molecule has 8 nitrogen and oxygen atoms in total. The molecule has 3 amide bonds. The van der Waals surface area contributed by atoms with E-state index in [9.17, 15) is 14.0 Å². The molecule has 2 aromatic rings. The Morgan fingerprint density at radius 2 is 2.00 bits per heavy atom. The van der Waals surface area contributed by atoms with Crippen LogP contribution in [0.1, 0.15) is 40.9 Å². The van der Waals surface area contributed by atoms with Gasteiger partial charge in [0.05, 0.1) is 7.11 Å². The number of methoxy groups -OCH3 is 1. The van der Waals surface area contributed by atoms with Gasteiger partial charge in [-0.3, -0.25) is 4.79 Å². The van der Waals surface area contributed by atoms with Crippen molar-refractivity contribution in [1.82, 2.24) is 14.8 Å². The third kappa shape index (κ3) is 4.49. The van der Waals surface area contributed by atoms with E-state index in [2.05, 4.69) is 10.3 Å². The van der Waals surface area contributed by atoms with Crippen molar-refractivity contribution >= 4 is 17.6 Å². The molecule has 1 aromatic carbocycles. The molecular formula is C20H25FN4O4. The minimum atomic E-state index is -0.536. The summed E-state index contributed by atoms with van der Waals surface area (Å²) in [6.45, 7) is 2.74. The molecule has 0 radical (unpaired) electrons. The number of carbonyl (C=O) groups is 2. The van der Waals surface area contributed by atoms with E-state index in [0.717, 1.165) is 0 Å². The number of aryl methyl sites for hydroxylation is 1. The average Bonchev–Trinajstić information content (AvgIpc) is 3.09. The normalized spacial score (nSPS) is 14.6. The van der Waals surface area contributed by atoms with Gasteiger partial charge in [0.1, 0.15) is 5.76 Å². The number of anilines is 1. The number of nitrogens with zero attached hydrogens (tertiary/aromatic N) is 3. The van der Waals surface area contributed by atoms with Crippen LogP contribution in [-0.4, -0.2) is 61.0 Å². The van der Waals surface area contributed by atoms with Crippen molar-refractivity contribution in [2.45, 2.75) is 25.7 Å². The van der Waals surface area contributed by atoms with Crippen LogP contribution in [0.25, 0.3) is 0 Å². The van der Waals surface area contributed by atoms with Crippen LogP contribution in [-0.2, 0) is 0 Å². The molecule has 1 aromatic heterocycles. The first-order valence-electron chi connectivity index (χ1n) is 9.38. The van der Waals surface area contributed by atoms with Crippen LogP contribution in [0.3, 0.4) is 0 Å². The standard InChI is InChI=1S/C20H25FN4O4/c1-12-17(19(26)24(2)3)23-18(29-12)13-7-9-25(10-8-13)20(27)22-14-5-6-16(28-4)15(21)11-14/h5-6,11,13H,7-10H2,1-4H3,(H,22,27). The van der Waals surface area contributed by atoms with Gasteiger partial charge in [-0.25, -0.2) is 14.2 Å². The molecule has 156 valence electrons. The van der Waals surface area contributed by atoms with Gasteiger partial charge < -0.3 is 24.3 Å². The maximum absolute atomic E-state index is 13.8. The molecule has 2 heterocycles. The number of ether oxygens (including phenoxy) is 1. The second-order valence-corrected chi connectivity index (χ2v) is 7.20. The van der Waals surface area contributed by atoms with Crippen LogP contribution < -0.4 is 10.1 Å². The highest BCUT2D eigenvalue weighted by atomic mass is 19.1. The maximum atomic E-state index is 13.8. The van der Waals surface area contributed by atoms with Gasteiger partial charge in [-0.05, 0) is 31.9 Å². The predicted molar refractivity (Wildman–Crippen MR) is 105 cm³/mol. The SMILES string of the molecule is COc1ccc(NC(=O)N2CCC(c3nc(C(=O)N(C)C)c(C)o3)CC2)cc1F. The Bertz CT molecular complexity index is 904. The first-order valence-corrected chi connectivity index (χ1v) is 9.38. The van der Waals surface area contributed by atoms with Crippen LogP contribution >= 0.6 is 0 Å². The lowest BCUT2D eigenvalue weighted by Crippen LogP contribution is -2.40. The molecular weight excluding hydrogens is 379 g/mol. The number of amides is 3. The Hall–Kier alpha value is -3.10. The van der Waals surface area contributed by atoms with Crippen LogP contribution in [0.5, 0.6) is 5.75 Å². The van der Waals surface area contributed by atoms with Crippen molar-refractivity contribution in [3.05, 3.63) is 41.4 Å². The number of rotatable bonds is 4. The lowest BCUT2D eigenvalue weighted by Gasteiger charge is -2.30. The zero-order valence-corrected chi connectivity index (χ0v) is 17.0. The fourth-order valence-corrected chi connectivity index (χ4v) is 3.28. The van der Waals surface area contributed by atoms with Crippen LogP contribution in [0.2, 0.25) is 0 Å². The van der Waals surface area contributed by atoms with Gasteiger partial charge in [0.2, 0.25) is 0 Å². The Balaban J connectivity index is 1.59. The third-order valence-corrected chi connectivity index (χ3v) is 4.96. The van der Waals surface area contributed by atoms with E-state index in [0.29, 0.717) is 49.0 Å². The van der Waals surface area contributed by atoms with E-state index < -0.39 is 5.82 Å². The van der Waals surface area contributed by atoms with Gasteiger partial charge in [0.15, 0.2) is 23.2 Å². The summed E-state index contributed by atoms with van der Waals surface area (Å²) in [4.78, 5) is 32.1. The largest absolute Gasteiger partial charge is 0.494 e. The summed E-state index contributed by atoms with van der Waals surface area (Å²) in [7, 11) is 4.72. The summed E-state index contributed by atoms with van der Waals surface area (Å²) in [5.41, 5.74) is 0.692. The van der Waals surface area contributed by atoms with Crippen molar-refractivity contribution in [3.63, 3.8) is 0 Å². The van der Waals surface area contributed by atoms with Gasteiger partial charge in [0, 0.05) is 44.9 Å². The summed E-state index contributed by atoms with van der Waals surface area (Å²) < 4.78 is 24.4. The van der Waals surface area contributed by atoms with Crippen LogP contribution in [0.15, 0.2) is 22.6 Å². The fourth-order valence-electron chi connectivity index (χ4n) is 3.28. The summed E-state index contributed by atoms with van der Waals surface area (Å²) in [6, 6.07) is 3.99. The predicted octanol–water partition coefficient (Wildman–Crippen LogP) is 3.24. The number of nitrogens with one attached hydrogen (secondary N) is 1. The maximum Gasteiger partial charge on any atom is 0.321 e. The van der Waals surface area contributed by atoms with Crippen molar-refractivity contribution in [3.8, 4) is 5.75 Å². The number of hydrogen-bond donors (Lipinski definition) is 1. The van der Waals surface area contributed by atoms with E-state index in [1.54, 1.807) is 32.0 Å². The summed E-state index contributed by atoms with van der Waals surface area (Å²) >= 11 is 0. The molecule has 0 spiro atoms. The van der Waals surface area contributed by atoms with Gasteiger partial charge in [0.25, 0.3) is 5.91 Å². The molecule has 1 N–H and O–H groups in total. The lowest BCUT2D eigenvalue weighted by atomic mass is 9.97. The van der Waals surface area contributed by atoms with Gasteiger partial charge in [-0.1, -0.05) is 0 Å². The number of carbonyl (C=O) groups excluding carboxylic acids is 2. The van der Waals surface area contributed by atoms with E-state index in [1.807, 2.05) is 0 Å². The van der Waals surface area contributed by atoms with Crippen molar-refractivity contribution in [2.24, 2.45) is 0 Å². The molecule has 1 aliphatic heterocycles. The van der Waals surface area contributed by atoms with E-state index >= 15 is 0 Å². The van der Waals surface area contributed by atoms with Gasteiger partial charge >= 0.3 is 6.03 Å². The molecule has 3 rings (SSSR count). The number of hydrogen-bond acceptors (Lipinski definition) is 5. The summed E-state index contributed by atoms with van der Waals surface area (Å²) in [6.07, 6.45) is 1.33. The Kier molecular flexibility index (Phi) is 6.05. The Morgan fingerprint density at radius 3 is 2.59 bits per heavy atom. The molecule has 0 bridgehead atoms. The Morgan fingerprint density at radius 1 is 1.31 bits per heavy atom. The Labute approximate surface area is 168 Å². The number of oxazole rings is 1.